The lowest BCUT2D eigenvalue weighted by Crippen LogP contribution is -2.17. The van der Waals surface area contributed by atoms with Crippen molar-refractivity contribution in [2.45, 2.75) is 12.3 Å². The number of carbonyl (C=O) groups excluding carboxylic acids is 1. The van der Waals surface area contributed by atoms with Crippen LogP contribution in [-0.4, -0.2) is 10.9 Å². The van der Waals surface area contributed by atoms with E-state index in [1.165, 1.54) is 0 Å². The van der Waals surface area contributed by atoms with Crippen molar-refractivity contribution < 1.29 is 19.1 Å². The van der Waals surface area contributed by atoms with Crippen LogP contribution >= 0.6 is 23.2 Å². The number of rotatable bonds is 7. The van der Waals surface area contributed by atoms with Gasteiger partial charge in [0.05, 0.1) is 16.0 Å². The Labute approximate surface area is 222 Å². The standard InChI is InChI=1S/C30H20Cl2O5/c31-19-10-12-20(13-11-19)36-21-14-15-22(25(32)16-21)26(33)17-24(18-6-2-1-3-7-18)28-29(34)23-8-4-5-9-27(23)37-30(28)35/h1-16,24,34H,17H2. The first-order valence-corrected chi connectivity index (χ1v) is 12.2. The molecule has 0 aliphatic carbocycles. The Balaban J connectivity index is 1.49. The van der Waals surface area contributed by atoms with Crippen LogP contribution < -0.4 is 10.4 Å². The minimum Gasteiger partial charge on any atom is -0.507 e. The van der Waals surface area contributed by atoms with Crippen LogP contribution in [0.2, 0.25) is 10.0 Å². The van der Waals surface area contributed by atoms with E-state index < -0.39 is 11.5 Å². The summed E-state index contributed by atoms with van der Waals surface area (Å²) in [6.45, 7) is 0. The number of fused-ring (bicyclic) bond motifs is 1. The second-order valence-corrected chi connectivity index (χ2v) is 9.28. The fraction of sp³-hybridized carbons (Fsp3) is 0.0667. The number of ketones is 1. The van der Waals surface area contributed by atoms with Crippen molar-refractivity contribution in [2.24, 2.45) is 0 Å². The fourth-order valence-electron chi connectivity index (χ4n) is 4.25. The SMILES string of the molecule is O=C(CC(c1ccccc1)c1c(O)c2ccccc2oc1=O)c1ccc(Oc2ccc(Cl)cc2)cc1Cl. The molecule has 184 valence electrons. The van der Waals surface area contributed by atoms with Crippen LogP contribution in [0.1, 0.15) is 33.8 Å². The summed E-state index contributed by atoms with van der Waals surface area (Å²) in [6, 6.07) is 27.4. The van der Waals surface area contributed by atoms with Gasteiger partial charge in [0.2, 0.25) is 0 Å². The number of ether oxygens (including phenoxy) is 1. The highest BCUT2D eigenvalue weighted by Crippen LogP contribution is 2.37. The number of hydrogen-bond donors (Lipinski definition) is 1. The van der Waals surface area contributed by atoms with Gasteiger partial charge >= 0.3 is 5.63 Å². The third kappa shape index (κ3) is 5.24. The lowest BCUT2D eigenvalue weighted by Gasteiger charge is -2.18. The molecule has 0 aliphatic heterocycles. The van der Waals surface area contributed by atoms with Gasteiger partial charge in [-0.25, -0.2) is 4.79 Å². The molecule has 37 heavy (non-hydrogen) atoms. The average molecular weight is 531 g/mol. The first-order chi connectivity index (χ1) is 17.9. The summed E-state index contributed by atoms with van der Waals surface area (Å²) in [4.78, 5) is 26.5. The molecular weight excluding hydrogens is 511 g/mol. The third-order valence-electron chi connectivity index (χ3n) is 6.05. The number of hydrogen-bond acceptors (Lipinski definition) is 5. The van der Waals surface area contributed by atoms with E-state index in [4.69, 9.17) is 32.4 Å². The van der Waals surface area contributed by atoms with Gasteiger partial charge in [0.15, 0.2) is 5.78 Å². The number of benzene rings is 4. The molecule has 1 unspecified atom stereocenters. The van der Waals surface area contributed by atoms with Crippen LogP contribution in [0.5, 0.6) is 17.2 Å². The van der Waals surface area contributed by atoms with Crippen LogP contribution in [0, 0.1) is 0 Å². The zero-order valence-corrected chi connectivity index (χ0v) is 20.9. The molecule has 0 radical (unpaired) electrons. The maximum atomic E-state index is 13.5. The zero-order chi connectivity index (χ0) is 25.9. The molecule has 7 heteroatoms. The van der Waals surface area contributed by atoms with E-state index in [1.807, 2.05) is 18.2 Å². The van der Waals surface area contributed by atoms with Crippen molar-refractivity contribution in [3.05, 3.63) is 134 Å². The van der Waals surface area contributed by atoms with E-state index in [0.717, 1.165) is 0 Å². The van der Waals surface area contributed by atoms with Gasteiger partial charge in [-0.2, -0.15) is 0 Å². The molecule has 4 aromatic carbocycles. The van der Waals surface area contributed by atoms with Crippen LogP contribution in [-0.2, 0) is 0 Å². The number of halogens is 2. The van der Waals surface area contributed by atoms with E-state index in [0.29, 0.717) is 27.5 Å². The highest BCUT2D eigenvalue weighted by atomic mass is 35.5. The second kappa shape index (κ2) is 10.5. The predicted octanol–water partition coefficient (Wildman–Crippen LogP) is 8.00. The Morgan fingerprint density at radius 3 is 2.27 bits per heavy atom. The first-order valence-electron chi connectivity index (χ1n) is 11.5. The fourth-order valence-corrected chi connectivity index (χ4v) is 4.65. The summed E-state index contributed by atoms with van der Waals surface area (Å²) in [5, 5.41) is 12.3. The Hall–Kier alpha value is -4.06. The van der Waals surface area contributed by atoms with E-state index in [-0.39, 0.29) is 39.7 Å². The largest absolute Gasteiger partial charge is 0.507 e. The molecule has 5 aromatic rings. The molecule has 1 atom stereocenters. The van der Waals surface area contributed by atoms with Crippen molar-refractivity contribution in [3.8, 4) is 17.2 Å². The van der Waals surface area contributed by atoms with Gasteiger partial charge in [-0.1, -0.05) is 65.7 Å². The van der Waals surface area contributed by atoms with Crippen molar-refractivity contribution in [2.75, 3.05) is 0 Å². The third-order valence-corrected chi connectivity index (χ3v) is 6.61. The monoisotopic (exact) mass is 530 g/mol. The number of aromatic hydroxyl groups is 1. The minimum absolute atomic E-state index is 0.0251. The summed E-state index contributed by atoms with van der Waals surface area (Å²) in [6.07, 6.45) is -0.113. The van der Waals surface area contributed by atoms with Gasteiger partial charge in [-0.3, -0.25) is 4.79 Å². The minimum atomic E-state index is -0.754. The van der Waals surface area contributed by atoms with Crippen LogP contribution in [0.3, 0.4) is 0 Å². The van der Waals surface area contributed by atoms with Crippen LogP contribution in [0.15, 0.2) is 106 Å². The topological polar surface area (TPSA) is 76.7 Å². The molecule has 0 bridgehead atoms. The van der Waals surface area contributed by atoms with Gasteiger partial charge in [0.25, 0.3) is 0 Å². The van der Waals surface area contributed by atoms with Crippen molar-refractivity contribution in [1.29, 1.82) is 0 Å². The predicted molar refractivity (Wildman–Crippen MR) is 144 cm³/mol. The Morgan fingerprint density at radius 1 is 0.865 bits per heavy atom. The lowest BCUT2D eigenvalue weighted by molar-refractivity contribution is 0.0977. The van der Waals surface area contributed by atoms with E-state index in [1.54, 1.807) is 78.9 Å². The summed E-state index contributed by atoms with van der Waals surface area (Å²) < 4.78 is 11.3. The molecule has 0 saturated heterocycles. The van der Waals surface area contributed by atoms with Crippen molar-refractivity contribution >= 4 is 40.0 Å². The summed E-state index contributed by atoms with van der Waals surface area (Å²) in [7, 11) is 0. The molecule has 1 aromatic heterocycles. The number of carbonyl (C=O) groups is 1. The first kappa shape index (κ1) is 24.6. The van der Waals surface area contributed by atoms with E-state index in [9.17, 15) is 14.7 Å². The quantitative estimate of drug-likeness (QED) is 0.170. The van der Waals surface area contributed by atoms with E-state index in [2.05, 4.69) is 0 Å². The maximum Gasteiger partial charge on any atom is 0.343 e. The molecule has 1 N–H and O–H groups in total. The Kier molecular flexibility index (Phi) is 6.99. The molecule has 5 rings (SSSR count). The van der Waals surface area contributed by atoms with Gasteiger partial charge in [-0.05, 0) is 54.1 Å². The van der Waals surface area contributed by atoms with Crippen LogP contribution in [0.4, 0.5) is 0 Å². The highest BCUT2D eigenvalue weighted by molar-refractivity contribution is 6.34. The van der Waals surface area contributed by atoms with Gasteiger partial charge < -0.3 is 14.3 Å². The van der Waals surface area contributed by atoms with Gasteiger partial charge in [0.1, 0.15) is 22.8 Å². The summed E-state index contributed by atoms with van der Waals surface area (Å²) in [5.74, 6) is -0.232. The van der Waals surface area contributed by atoms with E-state index >= 15 is 0 Å². The molecule has 0 saturated carbocycles. The molecule has 5 nitrogen and oxygen atoms in total. The Bertz CT molecular complexity index is 1640. The Morgan fingerprint density at radius 2 is 1.54 bits per heavy atom. The molecule has 0 aliphatic rings. The maximum absolute atomic E-state index is 13.5. The molecule has 0 spiro atoms. The number of Topliss-reactive ketones (excluding diaryl/α,β-unsaturated/α-hetero) is 1. The van der Waals surface area contributed by atoms with Crippen molar-refractivity contribution in [3.63, 3.8) is 0 Å². The smallest absolute Gasteiger partial charge is 0.343 e. The molecular formula is C30H20Cl2O5. The van der Waals surface area contributed by atoms with Crippen LogP contribution in [0.25, 0.3) is 11.0 Å². The van der Waals surface area contributed by atoms with Gasteiger partial charge in [0, 0.05) is 29.0 Å². The molecule has 0 fully saturated rings. The number of para-hydroxylation sites is 1. The normalized spacial score (nSPS) is 11.8. The molecule has 1 heterocycles. The summed E-state index contributed by atoms with van der Waals surface area (Å²) in [5.41, 5.74) is 0.558. The lowest BCUT2D eigenvalue weighted by atomic mass is 9.85. The second-order valence-electron chi connectivity index (χ2n) is 8.44. The van der Waals surface area contributed by atoms with Gasteiger partial charge in [-0.15, -0.1) is 0 Å². The zero-order valence-electron chi connectivity index (χ0n) is 19.4. The van der Waals surface area contributed by atoms with Crippen molar-refractivity contribution in [1.82, 2.24) is 0 Å². The average Bonchev–Trinajstić information content (AvgIpc) is 2.90. The molecule has 0 amide bonds. The summed E-state index contributed by atoms with van der Waals surface area (Å²) >= 11 is 12.4. The highest BCUT2D eigenvalue weighted by Gasteiger charge is 2.28.